The van der Waals surface area contributed by atoms with Gasteiger partial charge < -0.3 is 4.74 Å². The molecule has 1 atom stereocenters. The van der Waals surface area contributed by atoms with Crippen LogP contribution in [0.4, 0.5) is 13.6 Å². The SMILES string of the molecule is O=C1C=CN(C(=O)Oc2ccccc2)[C@H](c2cc(F)cc(F)c2)C1. The Morgan fingerprint density at radius 3 is 2.42 bits per heavy atom. The molecule has 0 saturated heterocycles. The summed E-state index contributed by atoms with van der Waals surface area (Å²) in [5.41, 5.74) is 0.190. The van der Waals surface area contributed by atoms with Gasteiger partial charge in [0, 0.05) is 18.7 Å². The van der Waals surface area contributed by atoms with Gasteiger partial charge in [-0.05, 0) is 35.9 Å². The summed E-state index contributed by atoms with van der Waals surface area (Å²) in [7, 11) is 0. The molecule has 122 valence electrons. The maximum absolute atomic E-state index is 13.5. The predicted molar refractivity (Wildman–Crippen MR) is 82.2 cm³/mol. The molecule has 0 N–H and O–H groups in total. The fraction of sp³-hybridized carbons (Fsp3) is 0.111. The topological polar surface area (TPSA) is 46.6 Å². The molecule has 2 aromatic rings. The van der Waals surface area contributed by atoms with Crippen molar-refractivity contribution in [2.45, 2.75) is 12.5 Å². The monoisotopic (exact) mass is 329 g/mol. The van der Waals surface area contributed by atoms with Crippen molar-refractivity contribution in [1.29, 1.82) is 0 Å². The summed E-state index contributed by atoms with van der Waals surface area (Å²) in [5.74, 6) is -1.46. The number of halogens is 2. The van der Waals surface area contributed by atoms with Gasteiger partial charge in [-0.2, -0.15) is 0 Å². The summed E-state index contributed by atoms with van der Waals surface area (Å²) >= 11 is 0. The average molecular weight is 329 g/mol. The highest BCUT2D eigenvalue weighted by Crippen LogP contribution is 2.30. The highest BCUT2D eigenvalue weighted by Gasteiger charge is 2.30. The van der Waals surface area contributed by atoms with E-state index < -0.39 is 23.8 Å². The van der Waals surface area contributed by atoms with Crippen molar-refractivity contribution in [3.05, 3.63) is 78.0 Å². The normalized spacial score (nSPS) is 17.0. The van der Waals surface area contributed by atoms with E-state index in [1.807, 2.05) is 0 Å². The fourth-order valence-electron chi connectivity index (χ4n) is 2.50. The fourth-order valence-corrected chi connectivity index (χ4v) is 2.50. The minimum Gasteiger partial charge on any atom is -0.410 e. The lowest BCUT2D eigenvalue weighted by molar-refractivity contribution is -0.116. The van der Waals surface area contributed by atoms with Crippen LogP contribution >= 0.6 is 0 Å². The van der Waals surface area contributed by atoms with Crippen LogP contribution in [0.1, 0.15) is 18.0 Å². The molecule has 3 rings (SSSR count). The zero-order chi connectivity index (χ0) is 17.1. The van der Waals surface area contributed by atoms with Crippen LogP contribution < -0.4 is 4.74 Å². The zero-order valence-electron chi connectivity index (χ0n) is 12.5. The molecule has 1 aliphatic heterocycles. The molecule has 0 bridgehead atoms. The summed E-state index contributed by atoms with van der Waals surface area (Å²) in [4.78, 5) is 25.2. The smallest absolute Gasteiger partial charge is 0.410 e. The Labute approximate surface area is 137 Å². The summed E-state index contributed by atoms with van der Waals surface area (Å²) in [6.07, 6.45) is 1.69. The van der Waals surface area contributed by atoms with E-state index in [1.165, 1.54) is 12.3 Å². The van der Waals surface area contributed by atoms with Crippen LogP contribution in [-0.2, 0) is 4.79 Å². The first-order chi connectivity index (χ1) is 11.5. The summed E-state index contributed by atoms with van der Waals surface area (Å²) < 4.78 is 32.2. The van der Waals surface area contributed by atoms with E-state index in [-0.39, 0.29) is 17.8 Å². The van der Waals surface area contributed by atoms with Crippen molar-refractivity contribution < 1.29 is 23.1 Å². The van der Waals surface area contributed by atoms with Gasteiger partial charge in [0.2, 0.25) is 0 Å². The van der Waals surface area contributed by atoms with Gasteiger partial charge in [-0.15, -0.1) is 0 Å². The molecular formula is C18H13F2NO3. The van der Waals surface area contributed by atoms with E-state index in [4.69, 9.17) is 4.74 Å². The number of amides is 1. The van der Waals surface area contributed by atoms with Crippen LogP contribution in [0, 0.1) is 11.6 Å². The largest absolute Gasteiger partial charge is 0.419 e. The van der Waals surface area contributed by atoms with Crippen LogP contribution in [0.25, 0.3) is 0 Å². The number of carbonyl (C=O) groups excluding carboxylic acids is 2. The molecule has 24 heavy (non-hydrogen) atoms. The number of hydrogen-bond donors (Lipinski definition) is 0. The Balaban J connectivity index is 1.90. The van der Waals surface area contributed by atoms with Gasteiger partial charge in [0.15, 0.2) is 5.78 Å². The Hall–Kier alpha value is -3.02. The van der Waals surface area contributed by atoms with Crippen molar-refractivity contribution >= 4 is 11.9 Å². The van der Waals surface area contributed by atoms with E-state index in [0.717, 1.165) is 23.1 Å². The van der Waals surface area contributed by atoms with Crippen LogP contribution in [-0.4, -0.2) is 16.8 Å². The second-order valence-electron chi connectivity index (χ2n) is 5.29. The van der Waals surface area contributed by atoms with Gasteiger partial charge in [-0.25, -0.2) is 13.6 Å². The molecule has 6 heteroatoms. The van der Waals surface area contributed by atoms with E-state index in [0.29, 0.717) is 5.75 Å². The molecule has 4 nitrogen and oxygen atoms in total. The molecule has 0 radical (unpaired) electrons. The highest BCUT2D eigenvalue weighted by atomic mass is 19.1. The number of rotatable bonds is 2. The number of allylic oxidation sites excluding steroid dienone is 1. The summed E-state index contributed by atoms with van der Waals surface area (Å²) in [5, 5.41) is 0. The van der Waals surface area contributed by atoms with Crippen molar-refractivity contribution in [3.63, 3.8) is 0 Å². The van der Waals surface area contributed by atoms with Gasteiger partial charge in [0.25, 0.3) is 0 Å². The van der Waals surface area contributed by atoms with Crippen LogP contribution in [0.2, 0.25) is 0 Å². The Kier molecular flexibility index (Phi) is 4.37. The number of ether oxygens (including phenoxy) is 1. The molecule has 0 saturated carbocycles. The van der Waals surface area contributed by atoms with E-state index >= 15 is 0 Å². The molecule has 0 fully saturated rings. The molecule has 2 aromatic carbocycles. The lowest BCUT2D eigenvalue weighted by Gasteiger charge is -2.30. The predicted octanol–water partition coefficient (Wildman–Crippen LogP) is 3.99. The molecule has 1 aliphatic rings. The average Bonchev–Trinajstić information content (AvgIpc) is 2.54. The first-order valence-electron chi connectivity index (χ1n) is 7.25. The van der Waals surface area contributed by atoms with Gasteiger partial charge in [0.1, 0.15) is 17.4 Å². The maximum Gasteiger partial charge on any atom is 0.419 e. The minimum atomic E-state index is -0.830. The van der Waals surface area contributed by atoms with Gasteiger partial charge in [0.05, 0.1) is 6.04 Å². The molecule has 0 aliphatic carbocycles. The molecule has 1 heterocycles. The number of hydrogen-bond acceptors (Lipinski definition) is 3. The minimum absolute atomic E-state index is 0.0801. The quantitative estimate of drug-likeness (QED) is 0.837. The third-order valence-corrected chi connectivity index (χ3v) is 3.58. The first kappa shape index (κ1) is 15.9. The number of para-hydroxylation sites is 1. The lowest BCUT2D eigenvalue weighted by atomic mass is 9.97. The molecule has 0 spiro atoms. The van der Waals surface area contributed by atoms with Gasteiger partial charge >= 0.3 is 6.09 Å². The summed E-state index contributed by atoms with van der Waals surface area (Å²) in [6, 6.07) is 10.5. The Bertz CT molecular complexity index is 785. The Morgan fingerprint density at radius 2 is 1.75 bits per heavy atom. The molecule has 1 amide bonds. The number of benzene rings is 2. The first-order valence-corrected chi connectivity index (χ1v) is 7.25. The van der Waals surface area contributed by atoms with E-state index in [2.05, 4.69) is 0 Å². The van der Waals surface area contributed by atoms with Crippen molar-refractivity contribution in [1.82, 2.24) is 4.90 Å². The Morgan fingerprint density at radius 1 is 1.08 bits per heavy atom. The number of ketones is 1. The maximum atomic E-state index is 13.5. The third kappa shape index (κ3) is 3.48. The van der Waals surface area contributed by atoms with Crippen LogP contribution in [0.5, 0.6) is 5.75 Å². The van der Waals surface area contributed by atoms with Gasteiger partial charge in [-0.1, -0.05) is 18.2 Å². The van der Waals surface area contributed by atoms with Crippen LogP contribution in [0.15, 0.2) is 60.8 Å². The van der Waals surface area contributed by atoms with Crippen molar-refractivity contribution in [2.75, 3.05) is 0 Å². The standard InChI is InChI=1S/C18H13F2NO3/c19-13-8-12(9-14(20)10-13)17-11-15(22)6-7-21(17)18(23)24-16-4-2-1-3-5-16/h1-10,17H,11H2/t17-/m0/s1. The lowest BCUT2D eigenvalue weighted by Crippen LogP contribution is -2.36. The van der Waals surface area contributed by atoms with Crippen molar-refractivity contribution in [3.8, 4) is 5.75 Å². The van der Waals surface area contributed by atoms with Crippen LogP contribution in [0.3, 0.4) is 0 Å². The zero-order valence-corrected chi connectivity index (χ0v) is 12.5. The highest BCUT2D eigenvalue weighted by molar-refractivity contribution is 5.92. The molecule has 0 unspecified atom stereocenters. The molecular weight excluding hydrogens is 316 g/mol. The second-order valence-corrected chi connectivity index (χ2v) is 5.29. The second kappa shape index (κ2) is 6.62. The number of carbonyl (C=O) groups is 2. The summed E-state index contributed by atoms with van der Waals surface area (Å²) in [6.45, 7) is 0. The van der Waals surface area contributed by atoms with Crippen molar-refractivity contribution in [2.24, 2.45) is 0 Å². The molecule has 0 aromatic heterocycles. The van der Waals surface area contributed by atoms with E-state index in [9.17, 15) is 18.4 Å². The van der Waals surface area contributed by atoms with Gasteiger partial charge in [-0.3, -0.25) is 9.69 Å². The third-order valence-electron chi connectivity index (χ3n) is 3.58. The number of nitrogens with zero attached hydrogens (tertiary/aromatic N) is 1. The van der Waals surface area contributed by atoms with E-state index in [1.54, 1.807) is 30.3 Å².